The highest BCUT2D eigenvalue weighted by atomic mass is 32.2. The zero-order chi connectivity index (χ0) is 16.0. The topological polar surface area (TPSA) is 122 Å². The maximum Gasteiger partial charge on any atom is 0.272 e. The first kappa shape index (κ1) is 17.3. The SMILES string of the molecule is Cc1cc([N+](=O)[O-])c(C)cc1OCCOCCS(N)(=O)=O. The van der Waals surface area contributed by atoms with Crippen molar-refractivity contribution in [2.24, 2.45) is 5.14 Å². The molecule has 0 bridgehead atoms. The average Bonchev–Trinajstić information content (AvgIpc) is 2.35. The number of nitro groups is 1. The van der Waals surface area contributed by atoms with Gasteiger partial charge in [0, 0.05) is 11.6 Å². The molecule has 118 valence electrons. The monoisotopic (exact) mass is 318 g/mol. The molecular formula is C12H18N2O6S. The molecule has 0 unspecified atom stereocenters. The Bertz CT molecular complexity index is 614. The first-order valence-electron chi connectivity index (χ1n) is 6.17. The third-order valence-electron chi connectivity index (χ3n) is 2.69. The number of nitrogens with zero attached hydrogens (tertiary/aromatic N) is 1. The minimum Gasteiger partial charge on any atom is -0.491 e. The van der Waals surface area contributed by atoms with Crippen molar-refractivity contribution in [1.82, 2.24) is 0 Å². The predicted molar refractivity (Wildman–Crippen MR) is 76.9 cm³/mol. The zero-order valence-electron chi connectivity index (χ0n) is 11.9. The number of primary sulfonamides is 1. The van der Waals surface area contributed by atoms with Gasteiger partial charge in [0.2, 0.25) is 10.0 Å². The summed E-state index contributed by atoms with van der Waals surface area (Å²) >= 11 is 0. The van der Waals surface area contributed by atoms with Crippen LogP contribution in [0.4, 0.5) is 5.69 Å². The molecule has 0 saturated carbocycles. The van der Waals surface area contributed by atoms with Crippen LogP contribution in [0.25, 0.3) is 0 Å². The lowest BCUT2D eigenvalue weighted by Crippen LogP contribution is -2.21. The Hall–Kier alpha value is -1.71. The minimum atomic E-state index is -3.52. The lowest BCUT2D eigenvalue weighted by molar-refractivity contribution is -0.385. The number of hydrogen-bond acceptors (Lipinski definition) is 6. The van der Waals surface area contributed by atoms with Crippen molar-refractivity contribution in [3.63, 3.8) is 0 Å². The Kier molecular flexibility index (Phi) is 6.06. The van der Waals surface area contributed by atoms with Gasteiger partial charge in [-0.05, 0) is 25.5 Å². The molecular weight excluding hydrogens is 300 g/mol. The first-order chi connectivity index (χ1) is 9.70. The molecule has 8 nitrogen and oxygen atoms in total. The van der Waals surface area contributed by atoms with Gasteiger partial charge in [0.15, 0.2) is 0 Å². The fourth-order valence-corrected chi connectivity index (χ4v) is 1.96. The second kappa shape index (κ2) is 7.34. The minimum absolute atomic E-state index is 0.000461. The number of benzene rings is 1. The normalized spacial score (nSPS) is 11.4. The average molecular weight is 318 g/mol. The molecule has 9 heteroatoms. The summed E-state index contributed by atoms with van der Waals surface area (Å²) in [5.41, 5.74) is 1.21. The molecule has 0 aliphatic heterocycles. The summed E-state index contributed by atoms with van der Waals surface area (Å²) in [6.07, 6.45) is 0. The van der Waals surface area contributed by atoms with Crippen LogP contribution in [0, 0.1) is 24.0 Å². The van der Waals surface area contributed by atoms with Crippen LogP contribution in [-0.4, -0.2) is 38.9 Å². The fourth-order valence-electron chi connectivity index (χ4n) is 1.61. The van der Waals surface area contributed by atoms with Crippen molar-refractivity contribution >= 4 is 15.7 Å². The second-order valence-electron chi connectivity index (χ2n) is 4.49. The number of nitrogens with two attached hydrogens (primary N) is 1. The number of hydrogen-bond donors (Lipinski definition) is 1. The highest BCUT2D eigenvalue weighted by Gasteiger charge is 2.13. The molecule has 1 rings (SSSR count). The molecule has 2 N–H and O–H groups in total. The summed E-state index contributed by atoms with van der Waals surface area (Å²) in [4.78, 5) is 10.3. The standard InChI is InChI=1S/C12H18N2O6S/c1-9-8-12(10(2)7-11(9)14(15)16)20-4-3-19-5-6-21(13,17)18/h7-8H,3-6H2,1-2H3,(H2,13,17,18). The van der Waals surface area contributed by atoms with Crippen LogP contribution in [0.3, 0.4) is 0 Å². The molecule has 21 heavy (non-hydrogen) atoms. The largest absolute Gasteiger partial charge is 0.491 e. The van der Waals surface area contributed by atoms with Crippen LogP contribution in [0.1, 0.15) is 11.1 Å². The Morgan fingerprint density at radius 1 is 1.19 bits per heavy atom. The van der Waals surface area contributed by atoms with E-state index >= 15 is 0 Å². The molecule has 1 aromatic rings. The summed E-state index contributed by atoms with van der Waals surface area (Å²) in [5, 5.41) is 15.6. The number of rotatable bonds is 8. The van der Waals surface area contributed by atoms with E-state index in [9.17, 15) is 18.5 Å². The predicted octanol–water partition coefficient (Wildman–Crippen LogP) is 0.896. The maximum atomic E-state index is 10.8. The Balaban J connectivity index is 2.46. The molecule has 0 spiro atoms. The van der Waals surface area contributed by atoms with E-state index in [1.807, 2.05) is 0 Å². The van der Waals surface area contributed by atoms with Crippen molar-refractivity contribution < 1.29 is 22.8 Å². The van der Waals surface area contributed by atoms with Crippen molar-refractivity contribution in [2.45, 2.75) is 13.8 Å². The van der Waals surface area contributed by atoms with E-state index in [0.717, 1.165) is 0 Å². The quantitative estimate of drug-likeness (QED) is 0.431. The van der Waals surface area contributed by atoms with Gasteiger partial charge in [0.05, 0.1) is 23.9 Å². The van der Waals surface area contributed by atoms with E-state index in [1.165, 1.54) is 6.07 Å². The smallest absolute Gasteiger partial charge is 0.272 e. The van der Waals surface area contributed by atoms with Gasteiger partial charge < -0.3 is 9.47 Å². The summed E-state index contributed by atoms with van der Waals surface area (Å²) in [5.74, 6) is 0.288. The van der Waals surface area contributed by atoms with E-state index < -0.39 is 14.9 Å². The molecule has 1 aromatic carbocycles. The Labute approximate surface area is 123 Å². The Morgan fingerprint density at radius 3 is 2.43 bits per heavy atom. The van der Waals surface area contributed by atoms with Gasteiger partial charge in [-0.15, -0.1) is 0 Å². The molecule has 0 radical (unpaired) electrons. The fraction of sp³-hybridized carbons (Fsp3) is 0.500. The molecule has 0 saturated heterocycles. The molecule has 0 aromatic heterocycles. The lowest BCUT2D eigenvalue weighted by Gasteiger charge is -2.10. The second-order valence-corrected chi connectivity index (χ2v) is 6.22. The van der Waals surface area contributed by atoms with E-state index in [4.69, 9.17) is 14.6 Å². The summed E-state index contributed by atoms with van der Waals surface area (Å²) in [7, 11) is -3.52. The Morgan fingerprint density at radius 2 is 1.86 bits per heavy atom. The number of nitro benzene ring substituents is 1. The molecule has 0 aliphatic rings. The third-order valence-corrected chi connectivity index (χ3v) is 3.42. The summed E-state index contributed by atoms with van der Waals surface area (Å²) < 4.78 is 31.9. The summed E-state index contributed by atoms with van der Waals surface area (Å²) in [6.45, 7) is 3.75. The van der Waals surface area contributed by atoms with E-state index in [0.29, 0.717) is 16.9 Å². The van der Waals surface area contributed by atoms with Gasteiger partial charge in [-0.3, -0.25) is 10.1 Å². The van der Waals surface area contributed by atoms with Crippen LogP contribution < -0.4 is 9.88 Å². The third kappa shape index (κ3) is 6.06. The van der Waals surface area contributed by atoms with Crippen LogP contribution >= 0.6 is 0 Å². The van der Waals surface area contributed by atoms with Crippen LogP contribution in [0.15, 0.2) is 12.1 Å². The lowest BCUT2D eigenvalue weighted by atomic mass is 10.1. The maximum absolute atomic E-state index is 10.8. The van der Waals surface area contributed by atoms with Gasteiger partial charge >= 0.3 is 0 Å². The zero-order valence-corrected chi connectivity index (χ0v) is 12.7. The van der Waals surface area contributed by atoms with Gasteiger partial charge in [-0.1, -0.05) is 0 Å². The van der Waals surface area contributed by atoms with E-state index in [2.05, 4.69) is 0 Å². The van der Waals surface area contributed by atoms with Gasteiger partial charge in [-0.25, -0.2) is 13.6 Å². The van der Waals surface area contributed by atoms with Crippen molar-refractivity contribution in [3.8, 4) is 5.75 Å². The van der Waals surface area contributed by atoms with E-state index in [-0.39, 0.29) is 31.3 Å². The van der Waals surface area contributed by atoms with Crippen LogP contribution in [-0.2, 0) is 14.8 Å². The molecule has 0 heterocycles. The number of aryl methyl sites for hydroxylation is 2. The highest BCUT2D eigenvalue weighted by molar-refractivity contribution is 7.89. The highest BCUT2D eigenvalue weighted by Crippen LogP contribution is 2.27. The van der Waals surface area contributed by atoms with Gasteiger partial charge in [-0.2, -0.15) is 0 Å². The van der Waals surface area contributed by atoms with Crippen molar-refractivity contribution in [3.05, 3.63) is 33.4 Å². The van der Waals surface area contributed by atoms with Gasteiger partial charge in [0.1, 0.15) is 12.4 Å². The molecule has 0 aliphatic carbocycles. The number of sulfonamides is 1. The molecule has 0 atom stereocenters. The number of ether oxygens (including phenoxy) is 2. The van der Waals surface area contributed by atoms with Crippen LogP contribution in [0.2, 0.25) is 0 Å². The van der Waals surface area contributed by atoms with Crippen molar-refractivity contribution in [2.75, 3.05) is 25.6 Å². The molecule has 0 fully saturated rings. The first-order valence-corrected chi connectivity index (χ1v) is 7.89. The molecule has 0 amide bonds. The van der Waals surface area contributed by atoms with E-state index in [1.54, 1.807) is 19.9 Å². The summed E-state index contributed by atoms with van der Waals surface area (Å²) in [6, 6.07) is 3.05. The van der Waals surface area contributed by atoms with Gasteiger partial charge in [0.25, 0.3) is 5.69 Å². The van der Waals surface area contributed by atoms with Crippen molar-refractivity contribution in [1.29, 1.82) is 0 Å². The van der Waals surface area contributed by atoms with Crippen LogP contribution in [0.5, 0.6) is 5.75 Å².